The quantitative estimate of drug-likeness (QED) is 0.643. The predicted molar refractivity (Wildman–Crippen MR) is 84.0 cm³/mol. The van der Waals surface area contributed by atoms with Crippen molar-refractivity contribution in [3.63, 3.8) is 0 Å². The van der Waals surface area contributed by atoms with Gasteiger partial charge in [-0.2, -0.15) is 21.6 Å². The molecule has 0 bridgehead atoms. The number of rotatable bonds is 5. The van der Waals surface area contributed by atoms with Crippen molar-refractivity contribution in [3.05, 3.63) is 42.0 Å². The molecule has 0 unspecified atom stereocenters. The molecule has 0 atom stereocenters. The summed E-state index contributed by atoms with van der Waals surface area (Å²) in [6.45, 7) is 3.65. The Bertz CT molecular complexity index is 840. The highest BCUT2D eigenvalue weighted by Gasteiger charge is 2.48. The fraction of sp³-hybridized carbons (Fsp3) is 0.375. The summed E-state index contributed by atoms with van der Waals surface area (Å²) in [6.07, 6.45) is 0.932. The maximum Gasteiger partial charge on any atom is 0.534 e. The van der Waals surface area contributed by atoms with Gasteiger partial charge in [0.2, 0.25) is 0 Å². The second-order valence-corrected chi connectivity index (χ2v) is 6.98. The van der Waals surface area contributed by atoms with E-state index in [2.05, 4.69) is 4.18 Å². The van der Waals surface area contributed by atoms with Crippen molar-refractivity contribution >= 4 is 20.9 Å². The van der Waals surface area contributed by atoms with Gasteiger partial charge in [-0.3, -0.25) is 0 Å². The normalized spacial score (nSPS) is 13.2. The second-order valence-electron chi connectivity index (χ2n) is 5.45. The Hall–Kier alpha value is -1.80. The molecule has 2 aromatic rings. The van der Waals surface area contributed by atoms with Crippen LogP contribution in [0.4, 0.5) is 13.2 Å². The molecule has 0 aliphatic carbocycles. The van der Waals surface area contributed by atoms with E-state index in [9.17, 15) is 26.7 Å². The Labute approximate surface area is 138 Å². The van der Waals surface area contributed by atoms with Crippen molar-refractivity contribution in [1.29, 1.82) is 0 Å². The Balaban J connectivity index is 2.47. The van der Waals surface area contributed by atoms with E-state index >= 15 is 0 Å². The summed E-state index contributed by atoms with van der Waals surface area (Å²) in [6, 6.07) is 8.88. The van der Waals surface area contributed by atoms with Crippen molar-refractivity contribution in [3.8, 4) is 5.75 Å². The number of hydrogen-bond acceptors (Lipinski definition) is 4. The van der Waals surface area contributed by atoms with Gasteiger partial charge in [0.15, 0.2) is 0 Å². The monoisotopic (exact) mass is 362 g/mol. The Morgan fingerprint density at radius 1 is 1.00 bits per heavy atom. The number of fused-ring (bicyclic) bond motifs is 1. The first-order chi connectivity index (χ1) is 11.0. The lowest BCUT2D eigenvalue weighted by atomic mass is 9.87. The van der Waals surface area contributed by atoms with Gasteiger partial charge in [0, 0.05) is 0 Å². The van der Waals surface area contributed by atoms with Gasteiger partial charge < -0.3 is 9.29 Å². The van der Waals surface area contributed by atoms with E-state index in [1.165, 1.54) is 12.1 Å². The molecule has 0 heterocycles. The smallest absolute Gasteiger partial charge is 0.385 e. The number of alkyl halides is 3. The van der Waals surface area contributed by atoms with Crippen LogP contribution < -0.4 is 4.18 Å². The number of halogens is 3. The van der Waals surface area contributed by atoms with Crippen LogP contribution in [0.15, 0.2) is 36.4 Å². The molecule has 0 aliphatic rings. The van der Waals surface area contributed by atoms with Gasteiger partial charge in [0.1, 0.15) is 5.75 Å². The van der Waals surface area contributed by atoms with Crippen LogP contribution in [0.2, 0.25) is 0 Å². The third kappa shape index (κ3) is 3.49. The molecule has 2 aromatic carbocycles. The van der Waals surface area contributed by atoms with E-state index in [1.807, 2.05) is 13.8 Å². The summed E-state index contributed by atoms with van der Waals surface area (Å²) in [7, 11) is -5.72. The molecular formula is C16H17F3O4S. The first kappa shape index (κ1) is 18.5. The largest absolute Gasteiger partial charge is 0.534 e. The number of hydrogen-bond donors (Lipinski definition) is 1. The van der Waals surface area contributed by atoms with Crippen LogP contribution in [0.3, 0.4) is 0 Å². The second kappa shape index (κ2) is 6.25. The van der Waals surface area contributed by atoms with Gasteiger partial charge >= 0.3 is 15.6 Å². The van der Waals surface area contributed by atoms with Gasteiger partial charge in [-0.1, -0.05) is 32.0 Å². The molecule has 0 radical (unpaired) electrons. The molecule has 0 saturated carbocycles. The lowest BCUT2D eigenvalue weighted by Gasteiger charge is -2.26. The van der Waals surface area contributed by atoms with Gasteiger partial charge in [-0.25, -0.2) is 0 Å². The van der Waals surface area contributed by atoms with Crippen LogP contribution in [0.25, 0.3) is 10.8 Å². The van der Waals surface area contributed by atoms with E-state index in [0.29, 0.717) is 29.2 Å². The summed E-state index contributed by atoms with van der Waals surface area (Å²) < 4.78 is 63.5. The fourth-order valence-electron chi connectivity index (χ4n) is 2.40. The highest BCUT2D eigenvalue weighted by Crippen LogP contribution is 2.33. The van der Waals surface area contributed by atoms with E-state index in [4.69, 9.17) is 0 Å². The summed E-state index contributed by atoms with van der Waals surface area (Å²) in [4.78, 5) is 0. The van der Waals surface area contributed by atoms with Gasteiger partial charge in [-0.05, 0) is 47.4 Å². The molecule has 0 spiro atoms. The zero-order valence-electron chi connectivity index (χ0n) is 13.1. The average molecular weight is 362 g/mol. The molecule has 0 fully saturated rings. The van der Waals surface area contributed by atoms with Crippen LogP contribution in [0.5, 0.6) is 5.75 Å². The highest BCUT2D eigenvalue weighted by molar-refractivity contribution is 7.88. The molecule has 0 amide bonds. The highest BCUT2D eigenvalue weighted by atomic mass is 32.2. The van der Waals surface area contributed by atoms with E-state index in [0.717, 1.165) is 6.07 Å². The van der Waals surface area contributed by atoms with Crippen LogP contribution in [-0.4, -0.2) is 19.0 Å². The lowest BCUT2D eigenvalue weighted by molar-refractivity contribution is -0.0500. The molecule has 4 nitrogen and oxygen atoms in total. The summed E-state index contributed by atoms with van der Waals surface area (Å²) in [5, 5.41) is 11.7. The Morgan fingerprint density at radius 2 is 1.58 bits per heavy atom. The SMILES string of the molecule is CCC(O)(CC)c1ccc2ccc(OS(=O)(=O)C(F)(F)F)cc2c1. The molecule has 1 N–H and O–H groups in total. The van der Waals surface area contributed by atoms with Crippen LogP contribution >= 0.6 is 0 Å². The summed E-state index contributed by atoms with van der Waals surface area (Å²) in [5.74, 6) is -0.437. The van der Waals surface area contributed by atoms with Crippen molar-refractivity contribution in [2.75, 3.05) is 0 Å². The van der Waals surface area contributed by atoms with E-state index in [-0.39, 0.29) is 0 Å². The minimum Gasteiger partial charge on any atom is -0.385 e. The van der Waals surface area contributed by atoms with E-state index < -0.39 is 27.0 Å². The van der Waals surface area contributed by atoms with E-state index in [1.54, 1.807) is 18.2 Å². The average Bonchev–Trinajstić information content (AvgIpc) is 2.52. The summed E-state index contributed by atoms with van der Waals surface area (Å²) in [5.41, 5.74) is -5.94. The minimum absolute atomic E-state index is 0.437. The van der Waals surface area contributed by atoms with Crippen LogP contribution in [0, 0.1) is 0 Å². The molecule has 24 heavy (non-hydrogen) atoms. The third-order valence-corrected chi connectivity index (χ3v) is 4.99. The third-order valence-electron chi connectivity index (χ3n) is 4.01. The molecule has 8 heteroatoms. The minimum atomic E-state index is -5.72. The topological polar surface area (TPSA) is 63.6 Å². The molecule has 132 valence electrons. The standard InChI is InChI=1S/C16H17F3O4S/c1-3-15(20,4-2)13-7-5-11-6-8-14(10-12(11)9-13)23-24(21,22)16(17,18)19/h5-10,20H,3-4H2,1-2H3. The van der Waals surface area contributed by atoms with Crippen LogP contribution in [-0.2, 0) is 15.7 Å². The predicted octanol–water partition coefficient (Wildman–Crippen LogP) is 4.08. The first-order valence-electron chi connectivity index (χ1n) is 7.30. The van der Waals surface area contributed by atoms with Crippen molar-refractivity contribution < 1.29 is 30.9 Å². The zero-order chi connectivity index (χ0) is 18.2. The first-order valence-corrected chi connectivity index (χ1v) is 8.70. The molecule has 0 aliphatic heterocycles. The van der Waals surface area contributed by atoms with Gasteiger partial charge in [0.05, 0.1) is 5.60 Å². The van der Waals surface area contributed by atoms with Crippen molar-refractivity contribution in [2.24, 2.45) is 0 Å². The fourth-order valence-corrected chi connectivity index (χ4v) is 2.85. The van der Waals surface area contributed by atoms with Gasteiger partial charge in [-0.15, -0.1) is 0 Å². The molecule has 2 rings (SSSR count). The van der Waals surface area contributed by atoms with Crippen LogP contribution in [0.1, 0.15) is 32.3 Å². The summed E-state index contributed by atoms with van der Waals surface area (Å²) >= 11 is 0. The van der Waals surface area contributed by atoms with Gasteiger partial charge in [0.25, 0.3) is 0 Å². The zero-order valence-corrected chi connectivity index (χ0v) is 13.9. The number of benzene rings is 2. The maximum absolute atomic E-state index is 12.4. The number of aliphatic hydroxyl groups is 1. The Kier molecular flexibility index (Phi) is 4.83. The molecular weight excluding hydrogens is 345 g/mol. The van der Waals surface area contributed by atoms with Crippen molar-refractivity contribution in [1.82, 2.24) is 0 Å². The Morgan fingerprint density at radius 3 is 2.12 bits per heavy atom. The molecule has 0 saturated heterocycles. The maximum atomic E-state index is 12.4. The molecule has 0 aromatic heterocycles. The van der Waals surface area contributed by atoms with Crippen molar-refractivity contribution in [2.45, 2.75) is 37.8 Å². The lowest BCUT2D eigenvalue weighted by Crippen LogP contribution is -2.28.